The van der Waals surface area contributed by atoms with Crippen LogP contribution in [-0.2, 0) is 37.3 Å². The summed E-state index contributed by atoms with van der Waals surface area (Å²) >= 11 is 11.5. The first-order chi connectivity index (χ1) is 23.5. The van der Waals surface area contributed by atoms with E-state index < -0.39 is 58.6 Å². The Bertz CT molecular complexity index is 2510. The molecule has 0 atom stereocenters. The first-order valence-electron chi connectivity index (χ1n) is 13.5. The molecule has 23 heteroatoms. The zero-order chi connectivity index (χ0) is 36.5. The molecular weight excluding hydrogens is 841 g/mol. The maximum absolute atomic E-state index is 12.5. The Morgan fingerprint density at radius 1 is 0.849 bits per heavy atom. The van der Waals surface area contributed by atoms with Gasteiger partial charge in [-0.25, -0.2) is 8.42 Å². The van der Waals surface area contributed by atoms with Crippen molar-refractivity contribution in [3.05, 3.63) is 98.5 Å². The molecule has 0 aromatic heterocycles. The van der Waals surface area contributed by atoms with E-state index in [0.29, 0.717) is 10.9 Å². The minimum Gasteiger partial charge on any atom is -0.507 e. The molecule has 5 aromatic rings. The smallest absolute Gasteiger partial charge is 0.507 e. The molecule has 6 rings (SSSR count). The van der Waals surface area contributed by atoms with Crippen molar-refractivity contribution in [1.82, 2.24) is 0 Å². The number of aliphatic imine (C=N–C) groups is 1. The SMILES string of the molecule is O=S(=O)(O)c1cc(Cl)cc(N=Nc2c3c(c4ccccc4c2O)OCS3(=O)=O)c1O.O=[N+]([O-])c1cc(Cl)c(O)c(N=Cc2ccccc2O)c1.[Cr].[Na+].[Na+]. The summed E-state index contributed by atoms with van der Waals surface area (Å²) in [5.74, 6) is -2.48. The van der Waals surface area contributed by atoms with Crippen LogP contribution in [-0.4, -0.2) is 58.9 Å². The predicted molar refractivity (Wildman–Crippen MR) is 181 cm³/mol. The zero-order valence-corrected chi connectivity index (χ0v) is 35.5. The molecule has 0 spiro atoms. The predicted octanol–water partition coefficient (Wildman–Crippen LogP) is 1.11. The number of aromatic hydroxyl groups is 4. The van der Waals surface area contributed by atoms with Crippen LogP contribution in [0, 0.1) is 10.1 Å². The van der Waals surface area contributed by atoms with Gasteiger partial charge < -0.3 is 25.2 Å². The number of nitrogens with zero attached hydrogens (tertiary/aromatic N) is 4. The first kappa shape index (κ1) is 46.2. The minimum absolute atomic E-state index is 0. The molecular formula is C30H20Cl2CrN4Na2O12S2+2. The van der Waals surface area contributed by atoms with Crippen LogP contribution in [0.2, 0.25) is 10.0 Å². The van der Waals surface area contributed by atoms with Crippen LogP contribution >= 0.6 is 23.2 Å². The monoisotopic (exact) mass is 860 g/mol. The van der Waals surface area contributed by atoms with Crippen LogP contribution in [0.5, 0.6) is 28.7 Å². The van der Waals surface area contributed by atoms with Gasteiger partial charge in [-0.1, -0.05) is 59.6 Å². The van der Waals surface area contributed by atoms with Gasteiger partial charge in [0.05, 0.1) is 9.95 Å². The van der Waals surface area contributed by atoms with Gasteiger partial charge in [0.25, 0.3) is 15.8 Å². The molecule has 0 saturated carbocycles. The van der Waals surface area contributed by atoms with Crippen LogP contribution in [0.3, 0.4) is 0 Å². The summed E-state index contributed by atoms with van der Waals surface area (Å²) in [4.78, 5) is 12.7. The van der Waals surface area contributed by atoms with Gasteiger partial charge in [-0.05, 0) is 24.3 Å². The number of rotatable bonds is 6. The van der Waals surface area contributed by atoms with E-state index in [0.717, 1.165) is 24.3 Å². The van der Waals surface area contributed by atoms with E-state index in [4.69, 9.17) is 27.9 Å². The van der Waals surface area contributed by atoms with E-state index in [9.17, 15) is 51.9 Å². The van der Waals surface area contributed by atoms with Crippen molar-refractivity contribution < 1.29 is 128 Å². The second-order valence-corrected chi connectivity index (χ2v) is 14.2. The van der Waals surface area contributed by atoms with Gasteiger partial charge in [-0.3, -0.25) is 19.7 Å². The number of sulfone groups is 1. The fourth-order valence-corrected chi connectivity index (χ4v) is 6.90. The van der Waals surface area contributed by atoms with E-state index in [1.807, 2.05) is 0 Å². The molecule has 5 aromatic carbocycles. The van der Waals surface area contributed by atoms with Crippen molar-refractivity contribution >= 4 is 82.9 Å². The van der Waals surface area contributed by atoms with Gasteiger partial charge in [-0.15, -0.1) is 10.2 Å². The molecule has 0 radical (unpaired) electrons. The van der Waals surface area contributed by atoms with E-state index in [2.05, 4.69) is 15.2 Å². The number of fused-ring (bicyclic) bond motifs is 3. The van der Waals surface area contributed by atoms with Crippen molar-refractivity contribution in [1.29, 1.82) is 0 Å². The van der Waals surface area contributed by atoms with Crippen molar-refractivity contribution in [2.45, 2.75) is 9.79 Å². The quantitative estimate of drug-likeness (QED) is 0.0402. The maximum Gasteiger partial charge on any atom is 1.00 e. The molecule has 53 heavy (non-hydrogen) atoms. The standard InChI is InChI=1S/C17H11ClN2O8S2.C13H9ClN2O4.Cr.2Na/c18-8-5-11(15(22)12(6-8)30(25,26)27)19-20-13-14(21)9-3-1-2-4-10(9)16-17(13)29(23,24)7-28-16;14-10-5-9(16(19)20)6-11(13(10)18)15-7-8-3-1-2-4-12(8)17;;;/h1-6,21-22H,7H2,(H,25,26,27);1-7,17-18H;;;/q;;;2*+1. The van der Waals surface area contributed by atoms with Crippen molar-refractivity contribution in [3.63, 3.8) is 0 Å². The molecule has 264 valence electrons. The van der Waals surface area contributed by atoms with E-state index in [1.165, 1.54) is 18.3 Å². The summed E-state index contributed by atoms with van der Waals surface area (Å²) in [6.45, 7) is 0. The number of nitro groups is 1. The average Bonchev–Trinajstić information content (AvgIpc) is 3.38. The molecule has 0 aliphatic carbocycles. The number of azo groups is 1. The molecule has 0 bridgehead atoms. The van der Waals surface area contributed by atoms with Gasteiger partial charge in [0.2, 0.25) is 9.84 Å². The van der Waals surface area contributed by atoms with Crippen LogP contribution in [0.1, 0.15) is 5.56 Å². The number of benzene rings is 5. The van der Waals surface area contributed by atoms with Gasteiger partial charge in [0.15, 0.2) is 28.9 Å². The van der Waals surface area contributed by atoms with Crippen molar-refractivity contribution in [2.75, 3.05) is 5.94 Å². The number of phenolic OH excluding ortho intramolecular Hbond substituents is 4. The number of non-ortho nitro benzene ring substituents is 1. The summed E-state index contributed by atoms with van der Waals surface area (Å²) in [6.07, 6.45) is 1.28. The van der Waals surface area contributed by atoms with Crippen molar-refractivity contribution in [3.8, 4) is 28.7 Å². The van der Waals surface area contributed by atoms with Crippen LogP contribution in [0.4, 0.5) is 22.7 Å². The summed E-state index contributed by atoms with van der Waals surface area (Å²) in [5, 5.41) is 58.4. The third-order valence-corrected chi connectivity index (χ3v) is 9.62. The van der Waals surface area contributed by atoms with E-state index in [1.54, 1.807) is 36.4 Å². The topological polar surface area (TPSA) is 259 Å². The Morgan fingerprint density at radius 3 is 2.09 bits per heavy atom. The first-order valence-corrected chi connectivity index (χ1v) is 17.4. The average molecular weight is 862 g/mol. The number of nitro benzene ring substituents is 1. The molecule has 1 heterocycles. The van der Waals surface area contributed by atoms with Gasteiger partial charge in [0.1, 0.15) is 32.7 Å². The zero-order valence-electron chi connectivity index (χ0n) is 27.1. The fraction of sp³-hybridized carbons (Fsp3) is 0.0333. The fourth-order valence-electron chi connectivity index (χ4n) is 4.52. The number of halogens is 2. The Kier molecular flexibility index (Phi) is 16.2. The van der Waals surface area contributed by atoms with Crippen molar-refractivity contribution in [2.24, 2.45) is 15.2 Å². The second kappa shape index (κ2) is 18.6. The molecule has 0 amide bonds. The number of ether oxygens (including phenoxy) is 1. The molecule has 1 aliphatic heterocycles. The minimum atomic E-state index is -4.83. The van der Waals surface area contributed by atoms with Gasteiger partial charge in [0, 0.05) is 57.1 Å². The van der Waals surface area contributed by atoms with Crippen LogP contribution < -0.4 is 63.9 Å². The third-order valence-electron chi connectivity index (χ3n) is 6.82. The third kappa shape index (κ3) is 10.2. The molecule has 0 unspecified atom stereocenters. The van der Waals surface area contributed by atoms with E-state index in [-0.39, 0.29) is 125 Å². The Labute approximate surface area is 365 Å². The van der Waals surface area contributed by atoms with Crippen LogP contribution in [0.25, 0.3) is 10.8 Å². The Balaban J connectivity index is 0.000000373. The largest absolute Gasteiger partial charge is 1.00 e. The second-order valence-electron chi connectivity index (χ2n) is 10.1. The summed E-state index contributed by atoms with van der Waals surface area (Å²) in [5.41, 5.74) is -0.846. The molecule has 0 saturated heterocycles. The Hall–Kier alpha value is -3.00. The van der Waals surface area contributed by atoms with E-state index >= 15 is 0 Å². The summed E-state index contributed by atoms with van der Waals surface area (Å²) in [7, 11) is -8.79. The summed E-state index contributed by atoms with van der Waals surface area (Å²) in [6, 6.07) is 16.7. The molecule has 0 fully saturated rings. The molecule has 1 aliphatic rings. The Morgan fingerprint density at radius 2 is 1.47 bits per heavy atom. The van der Waals surface area contributed by atoms with Gasteiger partial charge >= 0.3 is 59.1 Å². The number of para-hydroxylation sites is 1. The maximum atomic E-state index is 12.5. The normalized spacial score (nSPS) is 12.8. The molecule has 5 N–H and O–H groups in total. The summed E-state index contributed by atoms with van der Waals surface area (Å²) < 4.78 is 62.2. The number of hydrogen-bond donors (Lipinski definition) is 5. The number of phenols is 4. The molecule has 16 nitrogen and oxygen atoms in total. The van der Waals surface area contributed by atoms with Crippen LogP contribution in [0.15, 0.2) is 97.8 Å². The van der Waals surface area contributed by atoms with Gasteiger partial charge in [-0.2, -0.15) is 8.42 Å². The number of hydrogen-bond acceptors (Lipinski definition) is 14.